The molecule has 0 unspecified atom stereocenters. The van der Waals surface area contributed by atoms with Crippen LogP contribution in [0.4, 0.5) is 28.9 Å². The van der Waals surface area contributed by atoms with Gasteiger partial charge in [0.25, 0.3) is 0 Å². The molecule has 0 saturated carbocycles. The number of anilines is 2. The third kappa shape index (κ3) is 4.96. The highest BCUT2D eigenvalue weighted by atomic mass is 32.1. The zero-order valence-corrected chi connectivity index (χ0v) is 14.0. The van der Waals surface area contributed by atoms with E-state index in [1.165, 1.54) is 14.2 Å². The van der Waals surface area contributed by atoms with Gasteiger partial charge in [-0.25, -0.2) is 4.39 Å². The van der Waals surface area contributed by atoms with Crippen LogP contribution in [0.2, 0.25) is 0 Å². The lowest BCUT2D eigenvalue weighted by Crippen LogP contribution is -2.20. The number of hydrogen-bond donors (Lipinski definition) is 2. The maximum Gasteiger partial charge on any atom is 0.416 e. The first-order chi connectivity index (χ1) is 11.7. The van der Waals surface area contributed by atoms with Crippen molar-refractivity contribution in [3.8, 4) is 11.5 Å². The molecule has 0 fully saturated rings. The Bertz CT molecular complexity index is 759. The van der Waals surface area contributed by atoms with Crippen LogP contribution in [0.3, 0.4) is 0 Å². The van der Waals surface area contributed by atoms with Crippen LogP contribution in [-0.2, 0) is 6.18 Å². The van der Waals surface area contributed by atoms with Crippen molar-refractivity contribution in [2.45, 2.75) is 6.18 Å². The summed E-state index contributed by atoms with van der Waals surface area (Å²) in [4.78, 5) is 0. The van der Waals surface area contributed by atoms with Crippen molar-refractivity contribution >= 4 is 28.7 Å². The molecule has 2 aromatic carbocycles. The highest BCUT2D eigenvalue weighted by molar-refractivity contribution is 7.80. The maximum absolute atomic E-state index is 13.7. The standard InChI is InChI=1S/C16H14F4N2O2S/c1-23-11-6-10(7-12(8-11)24-2)21-15(25)22-14-5-9(16(18,19)20)3-4-13(14)17/h3-8H,1-2H3,(H2,21,22,25). The second kappa shape index (κ2) is 7.56. The number of alkyl halides is 3. The zero-order chi connectivity index (χ0) is 18.6. The van der Waals surface area contributed by atoms with E-state index in [4.69, 9.17) is 21.7 Å². The van der Waals surface area contributed by atoms with Gasteiger partial charge in [0, 0.05) is 23.9 Å². The molecular formula is C16H14F4N2O2S. The third-order valence-corrected chi connectivity index (χ3v) is 3.36. The number of methoxy groups -OCH3 is 2. The van der Waals surface area contributed by atoms with Gasteiger partial charge < -0.3 is 20.1 Å². The number of halogens is 4. The Morgan fingerprint density at radius 3 is 2.08 bits per heavy atom. The normalized spacial score (nSPS) is 11.0. The largest absolute Gasteiger partial charge is 0.497 e. The van der Waals surface area contributed by atoms with Crippen molar-refractivity contribution in [3.05, 3.63) is 47.8 Å². The zero-order valence-electron chi connectivity index (χ0n) is 13.2. The van der Waals surface area contributed by atoms with Gasteiger partial charge in [0.1, 0.15) is 17.3 Å². The Labute approximate surface area is 146 Å². The van der Waals surface area contributed by atoms with Crippen LogP contribution in [0.25, 0.3) is 0 Å². The fourth-order valence-electron chi connectivity index (χ4n) is 1.96. The highest BCUT2D eigenvalue weighted by Crippen LogP contribution is 2.32. The van der Waals surface area contributed by atoms with E-state index < -0.39 is 17.6 Å². The first kappa shape index (κ1) is 18.8. The summed E-state index contributed by atoms with van der Waals surface area (Å²) in [5, 5.41) is 5.06. The minimum atomic E-state index is -4.58. The third-order valence-electron chi connectivity index (χ3n) is 3.15. The quantitative estimate of drug-likeness (QED) is 0.601. The van der Waals surface area contributed by atoms with Crippen molar-refractivity contribution in [2.75, 3.05) is 24.9 Å². The highest BCUT2D eigenvalue weighted by Gasteiger charge is 2.31. The van der Waals surface area contributed by atoms with Gasteiger partial charge in [0.2, 0.25) is 0 Å². The van der Waals surface area contributed by atoms with Crippen LogP contribution < -0.4 is 20.1 Å². The van der Waals surface area contributed by atoms with Gasteiger partial charge in [-0.15, -0.1) is 0 Å². The van der Waals surface area contributed by atoms with Gasteiger partial charge in [-0.3, -0.25) is 0 Å². The molecular weight excluding hydrogens is 360 g/mol. The van der Waals surface area contributed by atoms with Crippen LogP contribution in [0.15, 0.2) is 36.4 Å². The molecule has 0 heterocycles. The molecule has 0 radical (unpaired) electrons. The van der Waals surface area contributed by atoms with Crippen LogP contribution >= 0.6 is 12.2 Å². The van der Waals surface area contributed by atoms with Gasteiger partial charge in [0.05, 0.1) is 25.5 Å². The molecule has 0 amide bonds. The maximum atomic E-state index is 13.7. The molecule has 2 rings (SSSR count). The molecule has 134 valence electrons. The molecule has 0 aromatic heterocycles. The SMILES string of the molecule is COc1cc(NC(=S)Nc2cc(C(F)(F)F)ccc2F)cc(OC)c1. The minimum Gasteiger partial charge on any atom is -0.497 e. The van der Waals surface area contributed by atoms with E-state index in [2.05, 4.69) is 10.6 Å². The second-order valence-electron chi connectivity index (χ2n) is 4.87. The number of nitrogens with one attached hydrogen (secondary N) is 2. The minimum absolute atomic E-state index is 0.0893. The summed E-state index contributed by atoms with van der Waals surface area (Å²) in [6.45, 7) is 0. The predicted molar refractivity (Wildman–Crippen MR) is 90.8 cm³/mol. The average Bonchev–Trinajstić information content (AvgIpc) is 2.55. The molecule has 0 atom stereocenters. The molecule has 4 nitrogen and oxygen atoms in total. The Morgan fingerprint density at radius 1 is 0.960 bits per heavy atom. The molecule has 0 aliphatic carbocycles. The topological polar surface area (TPSA) is 42.5 Å². The van der Waals surface area contributed by atoms with E-state index in [0.29, 0.717) is 29.3 Å². The summed E-state index contributed by atoms with van der Waals surface area (Å²) in [5.41, 5.74) is -0.912. The van der Waals surface area contributed by atoms with Crippen LogP contribution in [0.1, 0.15) is 5.56 Å². The average molecular weight is 374 g/mol. The molecule has 2 aromatic rings. The molecule has 0 saturated heterocycles. The number of rotatable bonds is 4. The van der Waals surface area contributed by atoms with Crippen molar-refractivity contribution in [3.63, 3.8) is 0 Å². The smallest absolute Gasteiger partial charge is 0.416 e. The van der Waals surface area contributed by atoms with E-state index in [0.717, 1.165) is 6.07 Å². The second-order valence-corrected chi connectivity index (χ2v) is 5.28. The van der Waals surface area contributed by atoms with Crippen molar-refractivity contribution < 1.29 is 27.0 Å². The van der Waals surface area contributed by atoms with Crippen LogP contribution in [0.5, 0.6) is 11.5 Å². The number of thiocarbonyl (C=S) groups is 1. The van der Waals surface area contributed by atoms with Gasteiger partial charge in [0.15, 0.2) is 5.11 Å². The number of ether oxygens (including phenoxy) is 2. The van der Waals surface area contributed by atoms with E-state index in [-0.39, 0.29) is 10.8 Å². The fourth-order valence-corrected chi connectivity index (χ4v) is 2.19. The first-order valence-corrected chi connectivity index (χ1v) is 7.31. The Hall–Kier alpha value is -2.55. The Kier molecular flexibility index (Phi) is 5.68. The Balaban J connectivity index is 2.18. The predicted octanol–water partition coefficient (Wildman–Crippen LogP) is 4.67. The number of hydrogen-bond acceptors (Lipinski definition) is 3. The summed E-state index contributed by atoms with van der Waals surface area (Å²) < 4.78 is 62.1. The van der Waals surface area contributed by atoms with E-state index in [1.807, 2.05) is 0 Å². The molecule has 0 spiro atoms. The molecule has 0 aliphatic rings. The molecule has 2 N–H and O–H groups in total. The van der Waals surface area contributed by atoms with Gasteiger partial charge in [-0.2, -0.15) is 13.2 Å². The monoisotopic (exact) mass is 374 g/mol. The van der Waals surface area contributed by atoms with Crippen molar-refractivity contribution in [2.24, 2.45) is 0 Å². The fraction of sp³-hybridized carbons (Fsp3) is 0.188. The molecule has 0 bridgehead atoms. The lowest BCUT2D eigenvalue weighted by Gasteiger charge is -2.14. The molecule has 9 heteroatoms. The summed E-state index contributed by atoms with van der Waals surface area (Å²) >= 11 is 5.02. The summed E-state index contributed by atoms with van der Waals surface area (Å²) in [6, 6.07) is 6.86. The van der Waals surface area contributed by atoms with E-state index >= 15 is 0 Å². The molecule has 25 heavy (non-hydrogen) atoms. The summed E-state index contributed by atoms with van der Waals surface area (Å²) in [6.07, 6.45) is -4.58. The molecule has 0 aliphatic heterocycles. The van der Waals surface area contributed by atoms with E-state index in [9.17, 15) is 17.6 Å². The lowest BCUT2D eigenvalue weighted by atomic mass is 10.2. The van der Waals surface area contributed by atoms with Gasteiger partial charge in [-0.05, 0) is 30.4 Å². The Morgan fingerprint density at radius 2 is 1.56 bits per heavy atom. The van der Waals surface area contributed by atoms with E-state index in [1.54, 1.807) is 18.2 Å². The summed E-state index contributed by atoms with van der Waals surface area (Å²) in [5.74, 6) is 0.102. The van der Waals surface area contributed by atoms with Gasteiger partial charge in [-0.1, -0.05) is 0 Å². The number of benzene rings is 2. The first-order valence-electron chi connectivity index (χ1n) is 6.90. The van der Waals surface area contributed by atoms with Crippen molar-refractivity contribution in [1.82, 2.24) is 0 Å². The lowest BCUT2D eigenvalue weighted by molar-refractivity contribution is -0.137. The van der Waals surface area contributed by atoms with Crippen LogP contribution in [0, 0.1) is 5.82 Å². The van der Waals surface area contributed by atoms with Crippen molar-refractivity contribution in [1.29, 1.82) is 0 Å². The summed E-state index contributed by atoms with van der Waals surface area (Å²) in [7, 11) is 2.93. The van der Waals surface area contributed by atoms with Crippen LogP contribution in [-0.4, -0.2) is 19.3 Å². The van der Waals surface area contributed by atoms with Gasteiger partial charge >= 0.3 is 6.18 Å².